The van der Waals surface area contributed by atoms with Crippen LogP contribution in [0.3, 0.4) is 0 Å². The number of thiophene rings is 1. The van der Waals surface area contributed by atoms with Crippen LogP contribution in [0.2, 0.25) is 0 Å². The highest BCUT2D eigenvalue weighted by Crippen LogP contribution is 2.35. The van der Waals surface area contributed by atoms with Gasteiger partial charge in [0.05, 0.1) is 22.5 Å². The number of H-pyrrole nitrogens is 1. The summed E-state index contributed by atoms with van der Waals surface area (Å²) >= 11 is 3.06. The summed E-state index contributed by atoms with van der Waals surface area (Å²) in [6.07, 6.45) is 1.64. The molecule has 1 atom stereocenters. The highest BCUT2D eigenvalue weighted by atomic mass is 32.2. The monoisotopic (exact) mass is 401 g/mol. The van der Waals surface area contributed by atoms with Crippen LogP contribution in [0.15, 0.2) is 26.7 Å². The van der Waals surface area contributed by atoms with E-state index in [4.69, 9.17) is 4.42 Å². The summed E-state index contributed by atoms with van der Waals surface area (Å²) in [4.78, 5) is 22.0. The predicted molar refractivity (Wildman–Crippen MR) is 107 cm³/mol. The molecule has 0 spiro atoms. The van der Waals surface area contributed by atoms with E-state index < -0.39 is 0 Å². The summed E-state index contributed by atoms with van der Waals surface area (Å²) in [6, 6.07) is 1.88. The van der Waals surface area contributed by atoms with E-state index >= 15 is 0 Å². The SMILES string of the molecule is Cc1occc1-c1nnc(S[C@@H](C)c2nc3sc(C)c(C)c3c(=O)[nH]2)n1C. The second kappa shape index (κ2) is 6.65. The molecule has 4 heterocycles. The van der Waals surface area contributed by atoms with Crippen LogP contribution >= 0.6 is 23.1 Å². The minimum Gasteiger partial charge on any atom is -0.469 e. The molecule has 0 unspecified atom stereocenters. The average molecular weight is 402 g/mol. The Morgan fingerprint density at radius 3 is 2.78 bits per heavy atom. The van der Waals surface area contributed by atoms with Crippen LogP contribution in [-0.2, 0) is 7.05 Å². The number of hydrogen-bond acceptors (Lipinski definition) is 7. The summed E-state index contributed by atoms with van der Waals surface area (Å²) < 4.78 is 7.29. The van der Waals surface area contributed by atoms with Gasteiger partial charge in [-0.3, -0.25) is 4.79 Å². The third-order valence-corrected chi connectivity index (χ3v) is 6.90. The fourth-order valence-corrected chi connectivity index (χ4v) is 4.86. The zero-order valence-electron chi connectivity index (χ0n) is 15.7. The van der Waals surface area contributed by atoms with Gasteiger partial charge in [0.25, 0.3) is 5.56 Å². The van der Waals surface area contributed by atoms with Crippen LogP contribution in [0.4, 0.5) is 0 Å². The Morgan fingerprint density at radius 2 is 2.07 bits per heavy atom. The summed E-state index contributed by atoms with van der Waals surface area (Å²) in [5.41, 5.74) is 1.84. The van der Waals surface area contributed by atoms with Crippen molar-refractivity contribution in [2.75, 3.05) is 0 Å². The number of furan rings is 1. The molecular formula is C18H19N5O2S2. The Kier molecular flexibility index (Phi) is 4.43. The van der Waals surface area contributed by atoms with Gasteiger partial charge in [0.15, 0.2) is 11.0 Å². The Balaban J connectivity index is 1.66. The zero-order chi connectivity index (χ0) is 19.3. The molecule has 0 fully saturated rings. The highest BCUT2D eigenvalue weighted by molar-refractivity contribution is 7.99. The minimum atomic E-state index is -0.0861. The van der Waals surface area contributed by atoms with E-state index in [1.807, 2.05) is 45.4 Å². The van der Waals surface area contributed by atoms with E-state index in [0.717, 1.165) is 37.6 Å². The van der Waals surface area contributed by atoms with Crippen molar-refractivity contribution in [1.29, 1.82) is 0 Å². The topological polar surface area (TPSA) is 89.6 Å². The van der Waals surface area contributed by atoms with Gasteiger partial charge in [-0.25, -0.2) is 4.98 Å². The lowest BCUT2D eigenvalue weighted by atomic mass is 10.2. The molecule has 140 valence electrons. The molecule has 0 aromatic carbocycles. The molecule has 0 amide bonds. The molecule has 0 radical (unpaired) electrons. The standard InChI is InChI=1S/C18H19N5O2S2/c1-8-10(3)26-17-13(8)16(24)19-14(20-17)11(4)27-18-22-21-15(23(18)5)12-6-7-25-9(12)2/h6-7,11H,1-5H3,(H,19,20,24)/t11-/m0/s1. The first-order valence-corrected chi connectivity index (χ1v) is 10.2. The Labute approximate surface area is 163 Å². The maximum atomic E-state index is 12.5. The van der Waals surface area contributed by atoms with E-state index in [1.165, 1.54) is 11.8 Å². The average Bonchev–Trinajstić information content (AvgIpc) is 3.27. The number of nitrogens with one attached hydrogen (secondary N) is 1. The molecule has 9 heteroatoms. The van der Waals surface area contributed by atoms with Crippen molar-refractivity contribution in [3.05, 3.63) is 44.7 Å². The molecule has 0 bridgehead atoms. The van der Waals surface area contributed by atoms with Crippen LogP contribution in [-0.4, -0.2) is 24.7 Å². The fourth-order valence-electron chi connectivity index (χ4n) is 2.95. The number of nitrogens with zero attached hydrogens (tertiary/aromatic N) is 4. The molecule has 7 nitrogen and oxygen atoms in total. The van der Waals surface area contributed by atoms with Gasteiger partial charge in [0.2, 0.25) is 0 Å². The number of aromatic nitrogens is 5. The molecule has 4 aromatic heterocycles. The van der Waals surface area contributed by atoms with Gasteiger partial charge in [-0.05, 0) is 39.3 Å². The van der Waals surface area contributed by atoms with Crippen molar-refractivity contribution in [2.24, 2.45) is 7.05 Å². The van der Waals surface area contributed by atoms with Crippen molar-refractivity contribution in [3.8, 4) is 11.4 Å². The maximum absolute atomic E-state index is 12.5. The third kappa shape index (κ3) is 3.00. The van der Waals surface area contributed by atoms with Crippen LogP contribution in [0.1, 0.15) is 34.2 Å². The van der Waals surface area contributed by atoms with Crippen molar-refractivity contribution in [2.45, 2.75) is 38.1 Å². The molecule has 0 aliphatic rings. The quantitative estimate of drug-likeness (QED) is 0.517. The number of aromatic amines is 1. The Hall–Kier alpha value is -2.39. The second-order valence-electron chi connectivity index (χ2n) is 6.43. The van der Waals surface area contributed by atoms with E-state index in [2.05, 4.69) is 20.2 Å². The zero-order valence-corrected chi connectivity index (χ0v) is 17.3. The highest BCUT2D eigenvalue weighted by Gasteiger charge is 2.20. The summed E-state index contributed by atoms with van der Waals surface area (Å²) in [6.45, 7) is 7.87. The van der Waals surface area contributed by atoms with E-state index in [-0.39, 0.29) is 10.8 Å². The van der Waals surface area contributed by atoms with Crippen LogP contribution in [0.25, 0.3) is 21.6 Å². The van der Waals surface area contributed by atoms with Crippen LogP contribution in [0, 0.1) is 20.8 Å². The maximum Gasteiger partial charge on any atom is 0.259 e. The summed E-state index contributed by atoms with van der Waals surface area (Å²) in [5, 5.41) is 9.95. The van der Waals surface area contributed by atoms with E-state index in [1.54, 1.807) is 17.6 Å². The molecule has 0 saturated heterocycles. The van der Waals surface area contributed by atoms with Gasteiger partial charge in [-0.2, -0.15) is 0 Å². The molecule has 1 N–H and O–H groups in total. The predicted octanol–water partition coefficient (Wildman–Crippen LogP) is 4.15. The molecular weight excluding hydrogens is 382 g/mol. The van der Waals surface area contributed by atoms with Crippen molar-refractivity contribution in [1.82, 2.24) is 24.7 Å². The van der Waals surface area contributed by atoms with Gasteiger partial charge < -0.3 is 14.0 Å². The molecule has 0 aliphatic heterocycles. The fraction of sp³-hybridized carbons (Fsp3) is 0.333. The number of hydrogen-bond donors (Lipinski definition) is 1. The number of thioether (sulfide) groups is 1. The lowest BCUT2D eigenvalue weighted by Gasteiger charge is -2.10. The third-order valence-electron chi connectivity index (χ3n) is 4.66. The minimum absolute atomic E-state index is 0.0778. The summed E-state index contributed by atoms with van der Waals surface area (Å²) in [5.74, 6) is 2.19. The Bertz CT molecular complexity index is 1200. The molecule has 4 aromatic rings. The number of rotatable bonds is 4. The first-order chi connectivity index (χ1) is 12.9. The van der Waals surface area contributed by atoms with Crippen molar-refractivity contribution >= 4 is 33.3 Å². The lowest BCUT2D eigenvalue weighted by Crippen LogP contribution is -2.12. The smallest absolute Gasteiger partial charge is 0.259 e. The van der Waals surface area contributed by atoms with Crippen molar-refractivity contribution in [3.63, 3.8) is 0 Å². The normalized spacial score (nSPS) is 12.8. The first-order valence-electron chi connectivity index (χ1n) is 8.47. The van der Waals surface area contributed by atoms with Gasteiger partial charge in [0.1, 0.15) is 16.4 Å². The summed E-state index contributed by atoms with van der Waals surface area (Å²) in [7, 11) is 1.92. The molecule has 0 aliphatic carbocycles. The largest absolute Gasteiger partial charge is 0.469 e. The van der Waals surface area contributed by atoms with Crippen LogP contribution in [0.5, 0.6) is 0 Å². The van der Waals surface area contributed by atoms with Crippen molar-refractivity contribution < 1.29 is 4.42 Å². The number of fused-ring (bicyclic) bond motifs is 1. The van der Waals surface area contributed by atoms with E-state index in [0.29, 0.717) is 11.2 Å². The van der Waals surface area contributed by atoms with Gasteiger partial charge in [-0.1, -0.05) is 11.8 Å². The Morgan fingerprint density at radius 1 is 1.30 bits per heavy atom. The molecule has 0 saturated carbocycles. The van der Waals surface area contributed by atoms with Gasteiger partial charge in [-0.15, -0.1) is 21.5 Å². The lowest BCUT2D eigenvalue weighted by molar-refractivity contribution is 0.534. The van der Waals surface area contributed by atoms with Crippen LogP contribution < -0.4 is 5.56 Å². The van der Waals surface area contributed by atoms with Gasteiger partial charge >= 0.3 is 0 Å². The van der Waals surface area contributed by atoms with Gasteiger partial charge in [0, 0.05) is 11.9 Å². The molecule has 4 rings (SSSR count). The second-order valence-corrected chi connectivity index (χ2v) is 8.94. The van der Waals surface area contributed by atoms with E-state index in [9.17, 15) is 4.79 Å². The number of aryl methyl sites for hydroxylation is 3. The first kappa shape index (κ1) is 18.0. The molecule has 27 heavy (non-hydrogen) atoms.